The van der Waals surface area contributed by atoms with Crippen molar-refractivity contribution < 1.29 is 19.4 Å². The van der Waals surface area contributed by atoms with Crippen LogP contribution in [0, 0.1) is 31.1 Å². The first-order chi connectivity index (χ1) is 11.2. The highest BCUT2D eigenvalue weighted by Gasteiger charge is 2.66. The van der Waals surface area contributed by atoms with Crippen molar-refractivity contribution in [3.05, 3.63) is 17.0 Å². The molecule has 1 aromatic rings. The number of carbonyl (C=O) groups excluding carboxylic acids is 1. The van der Waals surface area contributed by atoms with Gasteiger partial charge in [-0.15, -0.1) is 0 Å². The van der Waals surface area contributed by atoms with Crippen molar-refractivity contribution in [2.45, 2.75) is 46.3 Å². The van der Waals surface area contributed by atoms with Crippen LogP contribution >= 0.6 is 0 Å². The third-order valence-electron chi connectivity index (χ3n) is 5.64. The lowest BCUT2D eigenvalue weighted by Gasteiger charge is -2.21. The molecule has 0 spiro atoms. The van der Waals surface area contributed by atoms with Crippen LogP contribution in [-0.2, 0) is 21.4 Å². The van der Waals surface area contributed by atoms with Gasteiger partial charge in [-0.25, -0.2) is 0 Å². The fraction of sp³-hybridized carbons (Fsp3) is 0.706. The number of nitrogens with zero attached hydrogens (tertiary/aromatic N) is 2. The number of carboxylic acids is 1. The second-order valence-electron chi connectivity index (χ2n) is 7.52. The number of ether oxygens (including phenoxy) is 1. The highest BCUT2D eigenvalue weighted by molar-refractivity contribution is 5.91. The SMILES string of the molecule is Cc1nn(C)c(C)c1[C@H]1OCC[C@@H]1NC(=O)[C@@H]1[C@H](C(=O)O)C1(C)C. The van der Waals surface area contributed by atoms with Gasteiger partial charge < -0.3 is 15.2 Å². The molecule has 132 valence electrons. The number of aromatic nitrogens is 2. The summed E-state index contributed by atoms with van der Waals surface area (Å²) in [7, 11) is 1.89. The first-order valence-corrected chi connectivity index (χ1v) is 8.31. The van der Waals surface area contributed by atoms with E-state index in [1.54, 1.807) is 0 Å². The van der Waals surface area contributed by atoms with E-state index in [-0.39, 0.29) is 18.1 Å². The number of nitrogens with one attached hydrogen (secondary N) is 1. The van der Waals surface area contributed by atoms with Gasteiger partial charge in [-0.3, -0.25) is 14.3 Å². The number of amides is 1. The van der Waals surface area contributed by atoms with Gasteiger partial charge in [0.25, 0.3) is 0 Å². The molecule has 24 heavy (non-hydrogen) atoms. The van der Waals surface area contributed by atoms with E-state index >= 15 is 0 Å². The van der Waals surface area contributed by atoms with Crippen molar-refractivity contribution in [3.63, 3.8) is 0 Å². The number of carboxylic acid groups (broad SMARTS) is 1. The number of hydrogen-bond donors (Lipinski definition) is 2. The van der Waals surface area contributed by atoms with Crippen LogP contribution in [0.25, 0.3) is 0 Å². The molecule has 7 heteroatoms. The molecule has 1 aliphatic heterocycles. The van der Waals surface area contributed by atoms with Gasteiger partial charge in [0.15, 0.2) is 0 Å². The molecule has 1 saturated carbocycles. The molecule has 1 aliphatic carbocycles. The smallest absolute Gasteiger partial charge is 0.307 e. The summed E-state index contributed by atoms with van der Waals surface area (Å²) in [6.45, 7) is 8.15. The minimum Gasteiger partial charge on any atom is -0.481 e. The third-order valence-corrected chi connectivity index (χ3v) is 5.64. The van der Waals surface area contributed by atoms with Crippen LogP contribution in [0.5, 0.6) is 0 Å². The zero-order valence-corrected chi connectivity index (χ0v) is 14.8. The Morgan fingerprint density at radius 1 is 1.33 bits per heavy atom. The average molecular weight is 335 g/mol. The molecule has 7 nitrogen and oxygen atoms in total. The summed E-state index contributed by atoms with van der Waals surface area (Å²) in [4.78, 5) is 23.9. The maximum atomic E-state index is 12.6. The van der Waals surface area contributed by atoms with Crippen LogP contribution in [0.4, 0.5) is 0 Å². The van der Waals surface area contributed by atoms with E-state index in [2.05, 4.69) is 10.4 Å². The van der Waals surface area contributed by atoms with Gasteiger partial charge in [0.1, 0.15) is 6.10 Å². The fourth-order valence-electron chi connectivity index (χ4n) is 4.08. The molecule has 1 amide bonds. The number of rotatable bonds is 4. The van der Waals surface area contributed by atoms with Gasteiger partial charge in [-0.2, -0.15) is 5.10 Å². The topological polar surface area (TPSA) is 93.5 Å². The van der Waals surface area contributed by atoms with Crippen molar-refractivity contribution in [3.8, 4) is 0 Å². The van der Waals surface area contributed by atoms with Crippen LogP contribution in [0.2, 0.25) is 0 Å². The first-order valence-electron chi connectivity index (χ1n) is 8.31. The van der Waals surface area contributed by atoms with E-state index in [0.29, 0.717) is 6.61 Å². The average Bonchev–Trinajstić information content (AvgIpc) is 2.73. The Balaban J connectivity index is 1.76. The summed E-state index contributed by atoms with van der Waals surface area (Å²) in [5, 5.41) is 16.7. The molecule has 0 bridgehead atoms. The van der Waals surface area contributed by atoms with Crippen LogP contribution < -0.4 is 5.32 Å². The van der Waals surface area contributed by atoms with Crippen LogP contribution in [-0.4, -0.2) is 39.4 Å². The van der Waals surface area contributed by atoms with E-state index in [9.17, 15) is 14.7 Å². The van der Waals surface area contributed by atoms with Gasteiger partial charge in [-0.05, 0) is 25.7 Å². The molecule has 1 aromatic heterocycles. The lowest BCUT2D eigenvalue weighted by atomic mass is 9.99. The summed E-state index contributed by atoms with van der Waals surface area (Å²) in [5.41, 5.74) is 2.45. The monoisotopic (exact) mass is 335 g/mol. The zero-order valence-electron chi connectivity index (χ0n) is 14.8. The number of aryl methyl sites for hydroxylation is 2. The Morgan fingerprint density at radius 2 is 2.00 bits per heavy atom. The van der Waals surface area contributed by atoms with Crippen molar-refractivity contribution >= 4 is 11.9 Å². The predicted molar refractivity (Wildman–Crippen MR) is 86.3 cm³/mol. The molecule has 0 aromatic carbocycles. The van der Waals surface area contributed by atoms with Crippen molar-refractivity contribution in [2.75, 3.05) is 6.61 Å². The van der Waals surface area contributed by atoms with E-state index in [0.717, 1.165) is 23.4 Å². The summed E-state index contributed by atoms with van der Waals surface area (Å²) in [6, 6.07) is -0.148. The van der Waals surface area contributed by atoms with E-state index in [1.165, 1.54) is 0 Å². The predicted octanol–water partition coefficient (Wildman–Crippen LogP) is 1.34. The Hall–Kier alpha value is -1.89. The molecule has 3 rings (SSSR count). The normalized spacial score (nSPS) is 31.0. The maximum absolute atomic E-state index is 12.6. The minimum absolute atomic E-state index is 0.148. The minimum atomic E-state index is -0.904. The standard InChI is InChI=1S/C17H25N3O4/c1-8-11(9(2)20(5)19-8)14-10(6-7-24-14)18-15(21)12-13(16(22)23)17(12,3)4/h10,12-14H,6-7H2,1-5H3,(H,18,21)(H,22,23)/t10-,12-,13+,14-/m0/s1. The number of hydrogen-bond acceptors (Lipinski definition) is 4. The quantitative estimate of drug-likeness (QED) is 0.866. The highest BCUT2D eigenvalue weighted by Crippen LogP contribution is 2.58. The molecule has 2 aliphatic rings. The molecule has 4 atom stereocenters. The van der Waals surface area contributed by atoms with Gasteiger partial charge in [0, 0.05) is 24.9 Å². The van der Waals surface area contributed by atoms with E-state index in [1.807, 2.05) is 39.4 Å². The third kappa shape index (κ3) is 2.51. The van der Waals surface area contributed by atoms with Crippen LogP contribution in [0.3, 0.4) is 0 Å². The molecule has 0 unspecified atom stereocenters. The molecular weight excluding hydrogens is 310 g/mol. The Labute approximate surface area is 141 Å². The lowest BCUT2D eigenvalue weighted by Crippen LogP contribution is -2.39. The van der Waals surface area contributed by atoms with Crippen molar-refractivity contribution in [1.29, 1.82) is 0 Å². The molecule has 2 N–H and O–H groups in total. The summed E-state index contributed by atoms with van der Waals surface area (Å²) < 4.78 is 7.68. The van der Waals surface area contributed by atoms with Gasteiger partial charge in [0.2, 0.25) is 5.91 Å². The number of aliphatic carboxylic acids is 1. The summed E-state index contributed by atoms with van der Waals surface area (Å²) in [6.07, 6.45) is 0.488. The van der Waals surface area contributed by atoms with Crippen LogP contribution in [0.1, 0.15) is 43.3 Å². The second-order valence-corrected chi connectivity index (χ2v) is 7.52. The lowest BCUT2D eigenvalue weighted by molar-refractivity contribution is -0.140. The van der Waals surface area contributed by atoms with Gasteiger partial charge >= 0.3 is 5.97 Å². The molecule has 0 radical (unpaired) electrons. The van der Waals surface area contributed by atoms with Crippen molar-refractivity contribution in [2.24, 2.45) is 24.3 Å². The summed E-state index contributed by atoms with van der Waals surface area (Å²) >= 11 is 0. The highest BCUT2D eigenvalue weighted by atomic mass is 16.5. The van der Waals surface area contributed by atoms with Gasteiger partial charge in [0.05, 0.1) is 23.6 Å². The fourth-order valence-corrected chi connectivity index (χ4v) is 4.08. The van der Waals surface area contributed by atoms with Crippen molar-refractivity contribution in [1.82, 2.24) is 15.1 Å². The molecular formula is C17H25N3O4. The maximum Gasteiger partial charge on any atom is 0.307 e. The van der Waals surface area contributed by atoms with E-state index < -0.39 is 23.2 Å². The Kier molecular flexibility index (Phi) is 3.94. The van der Waals surface area contributed by atoms with Gasteiger partial charge in [-0.1, -0.05) is 13.8 Å². The Morgan fingerprint density at radius 3 is 2.50 bits per heavy atom. The molecule has 2 heterocycles. The molecule has 2 fully saturated rings. The second kappa shape index (κ2) is 5.58. The Bertz CT molecular complexity index is 694. The summed E-state index contributed by atoms with van der Waals surface area (Å²) in [5.74, 6) is -2.18. The first kappa shape index (κ1) is 17.0. The van der Waals surface area contributed by atoms with Crippen LogP contribution in [0.15, 0.2) is 0 Å². The van der Waals surface area contributed by atoms with E-state index in [4.69, 9.17) is 4.74 Å². The largest absolute Gasteiger partial charge is 0.481 e. The zero-order chi connectivity index (χ0) is 17.8. The molecule has 1 saturated heterocycles. The number of carbonyl (C=O) groups is 2.